The summed E-state index contributed by atoms with van der Waals surface area (Å²) in [5.41, 5.74) is 3.25. The van der Waals surface area contributed by atoms with Crippen molar-refractivity contribution >= 4 is 34.6 Å². The first-order valence-corrected chi connectivity index (χ1v) is 7.65. The van der Waals surface area contributed by atoms with Gasteiger partial charge >= 0.3 is 6.03 Å². The van der Waals surface area contributed by atoms with Crippen LogP contribution in [-0.4, -0.2) is 40.0 Å². The van der Waals surface area contributed by atoms with Crippen LogP contribution in [0.25, 0.3) is 0 Å². The number of nitrogens with one attached hydrogen (secondary N) is 1. The Hall–Kier alpha value is -1.57. The molecule has 0 unspecified atom stereocenters. The number of hydrogen-bond acceptors (Lipinski definition) is 4. The number of hydroxylamine groups is 1. The van der Waals surface area contributed by atoms with E-state index in [2.05, 4.69) is 22.0 Å². The summed E-state index contributed by atoms with van der Waals surface area (Å²) in [4.78, 5) is 26.5. The molecule has 1 fully saturated rings. The third-order valence-corrected chi connectivity index (χ3v) is 3.80. The van der Waals surface area contributed by atoms with Crippen LogP contribution >= 0.6 is 23.4 Å². The molecule has 0 atom stereocenters. The summed E-state index contributed by atoms with van der Waals surface area (Å²) in [6, 6.07) is 3.12. The van der Waals surface area contributed by atoms with Crippen LogP contribution in [0.1, 0.15) is 5.56 Å². The Kier molecular flexibility index (Phi) is 6.04. The zero-order valence-corrected chi connectivity index (χ0v) is 12.9. The molecule has 21 heavy (non-hydrogen) atoms. The van der Waals surface area contributed by atoms with Crippen molar-refractivity contribution in [2.75, 3.05) is 18.9 Å². The van der Waals surface area contributed by atoms with Crippen LogP contribution in [0.3, 0.4) is 0 Å². The molecule has 1 saturated heterocycles. The smallest absolute Gasteiger partial charge is 0.346 e. The SMILES string of the molecule is C=CCONC(=O)N=C1SCCN1Cc1ccc(Cl)nc1. The fourth-order valence-electron chi connectivity index (χ4n) is 1.68. The van der Waals surface area contributed by atoms with Crippen LogP contribution in [0, 0.1) is 0 Å². The van der Waals surface area contributed by atoms with Gasteiger partial charge in [-0.1, -0.05) is 35.5 Å². The van der Waals surface area contributed by atoms with E-state index in [-0.39, 0.29) is 6.61 Å². The van der Waals surface area contributed by atoms with Gasteiger partial charge in [-0.15, -0.1) is 6.58 Å². The van der Waals surface area contributed by atoms with Gasteiger partial charge in [-0.25, -0.2) is 15.3 Å². The molecule has 0 saturated carbocycles. The Morgan fingerprint density at radius 2 is 2.52 bits per heavy atom. The Labute approximate surface area is 132 Å². The highest BCUT2D eigenvalue weighted by atomic mass is 35.5. The molecule has 112 valence electrons. The molecule has 2 heterocycles. The van der Waals surface area contributed by atoms with Crippen molar-refractivity contribution in [3.05, 3.63) is 41.7 Å². The largest absolute Gasteiger partial charge is 0.367 e. The summed E-state index contributed by atoms with van der Waals surface area (Å²) in [5.74, 6) is 0.890. The summed E-state index contributed by atoms with van der Waals surface area (Å²) in [7, 11) is 0. The van der Waals surface area contributed by atoms with Gasteiger partial charge in [-0.2, -0.15) is 4.99 Å². The average molecular weight is 327 g/mol. The number of carbonyl (C=O) groups excluding carboxylic acids is 1. The van der Waals surface area contributed by atoms with Crippen molar-refractivity contribution < 1.29 is 9.63 Å². The first-order chi connectivity index (χ1) is 10.2. The molecule has 1 aromatic rings. The Bertz CT molecular complexity index is 535. The molecular weight excluding hydrogens is 312 g/mol. The third kappa shape index (κ3) is 5.04. The number of amides is 2. The van der Waals surface area contributed by atoms with Crippen molar-refractivity contribution in [1.82, 2.24) is 15.4 Å². The van der Waals surface area contributed by atoms with Gasteiger partial charge < -0.3 is 4.90 Å². The highest BCUT2D eigenvalue weighted by Crippen LogP contribution is 2.20. The Balaban J connectivity index is 1.94. The lowest BCUT2D eigenvalue weighted by molar-refractivity contribution is 0.0855. The lowest BCUT2D eigenvalue weighted by Gasteiger charge is -2.17. The van der Waals surface area contributed by atoms with Crippen molar-refractivity contribution in [2.45, 2.75) is 6.54 Å². The molecule has 1 N–H and O–H groups in total. The normalized spacial score (nSPS) is 16.2. The zero-order valence-electron chi connectivity index (χ0n) is 11.3. The van der Waals surface area contributed by atoms with E-state index < -0.39 is 6.03 Å². The number of nitrogens with zero attached hydrogens (tertiary/aromatic N) is 3. The molecule has 1 aliphatic heterocycles. The number of carbonyl (C=O) groups is 1. The number of rotatable bonds is 5. The van der Waals surface area contributed by atoms with Crippen molar-refractivity contribution in [3.63, 3.8) is 0 Å². The minimum Gasteiger partial charge on any atom is -0.346 e. The monoisotopic (exact) mass is 326 g/mol. The molecule has 0 aliphatic carbocycles. The zero-order chi connectivity index (χ0) is 15.1. The second kappa shape index (κ2) is 8.02. The molecule has 6 nitrogen and oxygen atoms in total. The van der Waals surface area contributed by atoms with Crippen molar-refractivity contribution in [2.24, 2.45) is 4.99 Å². The van der Waals surface area contributed by atoms with E-state index >= 15 is 0 Å². The lowest BCUT2D eigenvalue weighted by Crippen LogP contribution is -2.27. The summed E-state index contributed by atoms with van der Waals surface area (Å²) in [5, 5.41) is 1.13. The molecule has 1 aromatic heterocycles. The molecule has 0 aromatic carbocycles. The molecular formula is C13H15ClN4O2S. The van der Waals surface area contributed by atoms with Gasteiger partial charge in [-0.3, -0.25) is 4.84 Å². The minimum absolute atomic E-state index is 0.240. The van der Waals surface area contributed by atoms with E-state index in [4.69, 9.17) is 16.4 Å². The molecule has 8 heteroatoms. The summed E-state index contributed by atoms with van der Waals surface area (Å²) >= 11 is 7.29. The second-order valence-corrected chi connectivity index (χ2v) is 5.61. The van der Waals surface area contributed by atoms with Gasteiger partial charge in [0.05, 0.1) is 6.61 Å². The maximum atomic E-state index is 11.6. The number of urea groups is 1. The maximum absolute atomic E-state index is 11.6. The molecule has 0 radical (unpaired) electrons. The summed E-state index contributed by atoms with van der Waals surface area (Å²) in [6.07, 6.45) is 3.26. The van der Waals surface area contributed by atoms with Crippen molar-refractivity contribution in [3.8, 4) is 0 Å². The van der Waals surface area contributed by atoms with Crippen LogP contribution in [-0.2, 0) is 11.4 Å². The van der Waals surface area contributed by atoms with Gasteiger partial charge in [0, 0.05) is 25.0 Å². The first-order valence-electron chi connectivity index (χ1n) is 6.28. The predicted molar refractivity (Wildman–Crippen MR) is 84.2 cm³/mol. The van der Waals surface area contributed by atoms with Crippen LogP contribution in [0.5, 0.6) is 0 Å². The van der Waals surface area contributed by atoms with Gasteiger partial charge in [0.25, 0.3) is 0 Å². The molecule has 0 bridgehead atoms. The van der Waals surface area contributed by atoms with E-state index in [1.54, 1.807) is 12.3 Å². The Morgan fingerprint density at radius 3 is 3.24 bits per heavy atom. The lowest BCUT2D eigenvalue weighted by atomic mass is 10.3. The van der Waals surface area contributed by atoms with E-state index in [1.807, 2.05) is 11.0 Å². The molecule has 0 spiro atoms. The van der Waals surface area contributed by atoms with Crippen LogP contribution < -0.4 is 5.48 Å². The molecule has 1 aliphatic rings. The van der Waals surface area contributed by atoms with Gasteiger partial charge in [0.1, 0.15) is 5.15 Å². The number of amidine groups is 1. The van der Waals surface area contributed by atoms with E-state index in [9.17, 15) is 4.79 Å². The number of hydrogen-bond donors (Lipinski definition) is 1. The quantitative estimate of drug-likeness (QED) is 0.390. The third-order valence-electron chi connectivity index (χ3n) is 2.58. The fraction of sp³-hybridized carbons (Fsp3) is 0.308. The Morgan fingerprint density at radius 1 is 1.67 bits per heavy atom. The average Bonchev–Trinajstić information content (AvgIpc) is 2.89. The predicted octanol–water partition coefficient (Wildman–Crippen LogP) is 2.47. The van der Waals surface area contributed by atoms with Gasteiger partial charge in [-0.05, 0) is 11.6 Å². The number of thioether (sulfide) groups is 1. The van der Waals surface area contributed by atoms with Crippen LogP contribution in [0.4, 0.5) is 4.79 Å². The van der Waals surface area contributed by atoms with E-state index in [0.29, 0.717) is 16.9 Å². The minimum atomic E-state index is -0.527. The van der Waals surface area contributed by atoms with Crippen LogP contribution in [0.15, 0.2) is 36.0 Å². The number of halogens is 1. The summed E-state index contributed by atoms with van der Waals surface area (Å²) < 4.78 is 0. The van der Waals surface area contributed by atoms with Gasteiger partial charge in [0.2, 0.25) is 0 Å². The van der Waals surface area contributed by atoms with Crippen LogP contribution in [0.2, 0.25) is 5.15 Å². The van der Waals surface area contributed by atoms with Crippen molar-refractivity contribution in [1.29, 1.82) is 0 Å². The number of aliphatic imine (C=N–C) groups is 1. The standard InChI is InChI=1S/C13H15ClN4O2S/c1-2-6-20-17-12(19)16-13-18(5-7-21-13)9-10-3-4-11(14)15-8-10/h2-4,8H,1,5-7,9H2,(H,17,19). The highest BCUT2D eigenvalue weighted by Gasteiger charge is 2.21. The second-order valence-electron chi connectivity index (χ2n) is 4.16. The van der Waals surface area contributed by atoms with Gasteiger partial charge in [0.15, 0.2) is 5.17 Å². The first kappa shape index (κ1) is 15.8. The topological polar surface area (TPSA) is 66.8 Å². The number of aromatic nitrogens is 1. The number of pyridine rings is 1. The highest BCUT2D eigenvalue weighted by molar-refractivity contribution is 8.14. The maximum Gasteiger partial charge on any atom is 0.367 e. The fourth-order valence-corrected chi connectivity index (χ4v) is 2.77. The molecule has 2 rings (SSSR count). The van der Waals surface area contributed by atoms with E-state index in [0.717, 1.165) is 17.9 Å². The molecule has 2 amide bonds. The summed E-state index contributed by atoms with van der Waals surface area (Å²) in [6.45, 7) is 5.19. The van der Waals surface area contributed by atoms with E-state index in [1.165, 1.54) is 17.8 Å².